The number of esters is 1. The Morgan fingerprint density at radius 2 is 1.82 bits per heavy atom. The number of aliphatic hydroxyl groups excluding tert-OH is 1. The van der Waals surface area contributed by atoms with E-state index in [2.05, 4.69) is 10.1 Å². The van der Waals surface area contributed by atoms with Crippen LogP contribution in [-0.4, -0.2) is 50.7 Å². The molecule has 2 heterocycles. The lowest BCUT2D eigenvalue weighted by molar-refractivity contribution is -0.166. The van der Waals surface area contributed by atoms with E-state index < -0.39 is 18.1 Å². The summed E-state index contributed by atoms with van der Waals surface area (Å²) in [5, 5.41) is 13.9. The molecule has 152 valence electrons. The third-order valence-electron chi connectivity index (χ3n) is 7.21. The smallest absolute Gasteiger partial charge is 0.329 e. The number of rotatable bonds is 4. The minimum absolute atomic E-state index is 0.0544. The molecule has 0 spiro atoms. The van der Waals surface area contributed by atoms with Crippen molar-refractivity contribution in [2.75, 3.05) is 6.54 Å². The van der Waals surface area contributed by atoms with Crippen LogP contribution in [-0.2, 0) is 20.9 Å². The highest BCUT2D eigenvalue weighted by Gasteiger charge is 2.57. The fraction of sp³-hybridized carbons (Fsp3) is 0.800. The van der Waals surface area contributed by atoms with Crippen molar-refractivity contribution in [3.63, 3.8) is 0 Å². The summed E-state index contributed by atoms with van der Waals surface area (Å²) in [6.45, 7) is 1.78. The zero-order valence-corrected chi connectivity index (χ0v) is 16.2. The monoisotopic (exact) mass is 389 g/mol. The molecular weight excluding hydrogens is 362 g/mol. The summed E-state index contributed by atoms with van der Waals surface area (Å²) in [6, 6.07) is -0.737. The first-order chi connectivity index (χ1) is 13.4. The minimum Gasteiger partial charge on any atom is -0.454 e. The maximum absolute atomic E-state index is 13.6. The van der Waals surface area contributed by atoms with Gasteiger partial charge in [-0.1, -0.05) is 5.16 Å². The van der Waals surface area contributed by atoms with Crippen molar-refractivity contribution in [2.24, 2.45) is 23.2 Å². The highest BCUT2D eigenvalue weighted by atomic mass is 16.6. The van der Waals surface area contributed by atoms with E-state index in [1.807, 2.05) is 0 Å². The normalized spacial score (nSPS) is 38.8. The lowest BCUT2D eigenvalue weighted by atomic mass is 9.49. The number of hydrogen-bond donors (Lipinski definition) is 1. The van der Waals surface area contributed by atoms with Gasteiger partial charge in [0.15, 0.2) is 12.4 Å². The van der Waals surface area contributed by atoms with Crippen molar-refractivity contribution >= 4 is 11.9 Å². The lowest BCUT2D eigenvalue weighted by Gasteiger charge is -2.56. The topological polar surface area (TPSA) is 106 Å². The Labute approximate surface area is 163 Å². The van der Waals surface area contributed by atoms with Gasteiger partial charge in [0.1, 0.15) is 6.04 Å². The first-order valence-corrected chi connectivity index (χ1v) is 10.4. The van der Waals surface area contributed by atoms with Gasteiger partial charge in [-0.05, 0) is 63.2 Å². The van der Waals surface area contributed by atoms with Crippen LogP contribution in [0.2, 0.25) is 0 Å². The summed E-state index contributed by atoms with van der Waals surface area (Å²) in [4.78, 5) is 31.9. The van der Waals surface area contributed by atoms with E-state index in [0.717, 1.165) is 19.3 Å². The molecule has 2 atom stereocenters. The number of carbonyl (C=O) groups excluding carboxylic acids is 2. The molecule has 1 unspecified atom stereocenters. The first-order valence-electron chi connectivity index (χ1n) is 10.4. The number of amides is 1. The molecule has 28 heavy (non-hydrogen) atoms. The van der Waals surface area contributed by atoms with Gasteiger partial charge in [0.2, 0.25) is 5.91 Å². The van der Waals surface area contributed by atoms with Gasteiger partial charge in [0, 0.05) is 13.0 Å². The zero-order valence-electron chi connectivity index (χ0n) is 16.2. The summed E-state index contributed by atoms with van der Waals surface area (Å²) >= 11 is 0. The van der Waals surface area contributed by atoms with Gasteiger partial charge in [-0.25, -0.2) is 4.79 Å². The van der Waals surface area contributed by atoms with E-state index in [1.54, 1.807) is 11.8 Å². The fourth-order valence-electron chi connectivity index (χ4n) is 6.57. The Hall–Kier alpha value is -1.96. The molecule has 5 aliphatic rings. The van der Waals surface area contributed by atoms with Gasteiger partial charge in [-0.3, -0.25) is 4.79 Å². The highest BCUT2D eigenvalue weighted by molar-refractivity contribution is 5.89. The fourth-order valence-corrected chi connectivity index (χ4v) is 6.57. The number of nitrogens with zero attached hydrogens (tertiary/aromatic N) is 3. The minimum atomic E-state index is -0.737. The predicted molar refractivity (Wildman–Crippen MR) is 95.6 cm³/mol. The van der Waals surface area contributed by atoms with Crippen molar-refractivity contribution in [2.45, 2.75) is 70.6 Å². The highest BCUT2D eigenvalue weighted by Crippen LogP contribution is 2.60. The number of aromatic nitrogens is 2. The molecule has 1 aliphatic heterocycles. The van der Waals surface area contributed by atoms with Gasteiger partial charge < -0.3 is 19.3 Å². The van der Waals surface area contributed by atoms with Crippen LogP contribution in [0, 0.1) is 30.1 Å². The third-order valence-corrected chi connectivity index (χ3v) is 7.21. The maximum Gasteiger partial charge on any atom is 0.329 e. The van der Waals surface area contributed by atoms with Crippen LogP contribution in [0.15, 0.2) is 4.52 Å². The van der Waals surface area contributed by atoms with Crippen LogP contribution in [0.5, 0.6) is 0 Å². The summed E-state index contributed by atoms with van der Waals surface area (Å²) in [6.07, 6.45) is 6.10. The number of ether oxygens (including phenoxy) is 1. The van der Waals surface area contributed by atoms with Gasteiger partial charge in [0.05, 0.1) is 11.5 Å². The largest absolute Gasteiger partial charge is 0.454 e. The SMILES string of the molecule is Cc1noc(COC(=O)[C@@H]2CC(O)CN2C(=O)C23CC4CC(CC(C4)C2)C3)n1. The molecule has 1 aromatic rings. The van der Waals surface area contributed by atoms with Crippen molar-refractivity contribution in [3.05, 3.63) is 11.7 Å². The second kappa shape index (κ2) is 6.54. The molecule has 1 saturated heterocycles. The van der Waals surface area contributed by atoms with Gasteiger partial charge in [-0.15, -0.1) is 0 Å². The van der Waals surface area contributed by atoms with Crippen LogP contribution in [0.3, 0.4) is 0 Å². The molecular formula is C20H27N3O5. The van der Waals surface area contributed by atoms with Crippen LogP contribution >= 0.6 is 0 Å². The standard InChI is InChI=1S/C20H27N3O5/c1-11-21-17(28-22-11)10-27-18(25)16-5-15(24)9-23(16)19(26)20-6-12-2-13(7-20)4-14(3-12)8-20/h12-16,24H,2-10H2,1H3/t12?,13?,14?,15?,16-,20?/m0/s1. The van der Waals surface area contributed by atoms with E-state index in [0.29, 0.717) is 23.6 Å². The lowest BCUT2D eigenvalue weighted by Crippen LogP contribution is -2.56. The van der Waals surface area contributed by atoms with Crippen molar-refractivity contribution in [1.82, 2.24) is 15.0 Å². The van der Waals surface area contributed by atoms with Gasteiger partial charge in [0.25, 0.3) is 5.89 Å². The zero-order chi connectivity index (χ0) is 19.5. The van der Waals surface area contributed by atoms with Crippen molar-refractivity contribution in [1.29, 1.82) is 0 Å². The van der Waals surface area contributed by atoms with E-state index in [4.69, 9.17) is 9.26 Å². The second-order valence-electron chi connectivity index (χ2n) is 9.40. The Kier molecular flexibility index (Phi) is 4.23. The van der Waals surface area contributed by atoms with E-state index in [1.165, 1.54) is 19.3 Å². The number of likely N-dealkylation sites (tertiary alicyclic amines) is 1. The molecule has 8 heteroatoms. The molecule has 4 saturated carbocycles. The summed E-state index contributed by atoms with van der Waals surface area (Å²) in [5.74, 6) is 2.19. The molecule has 0 radical (unpaired) electrons. The Bertz CT molecular complexity index is 755. The Morgan fingerprint density at radius 1 is 1.18 bits per heavy atom. The molecule has 1 aromatic heterocycles. The van der Waals surface area contributed by atoms with Gasteiger partial charge >= 0.3 is 5.97 Å². The molecule has 1 N–H and O–H groups in total. The van der Waals surface area contributed by atoms with Crippen LogP contribution in [0.1, 0.15) is 56.7 Å². The van der Waals surface area contributed by atoms with Crippen LogP contribution < -0.4 is 0 Å². The van der Waals surface area contributed by atoms with Crippen molar-refractivity contribution < 1.29 is 24.0 Å². The van der Waals surface area contributed by atoms with Gasteiger partial charge in [-0.2, -0.15) is 4.98 Å². The molecule has 0 aromatic carbocycles. The number of β-amino-alcohol motifs (C(OH)–C–C–N with tert-alkyl or cyclic N) is 1. The van der Waals surface area contributed by atoms with E-state index >= 15 is 0 Å². The quantitative estimate of drug-likeness (QED) is 0.780. The third kappa shape index (κ3) is 3.02. The number of aliphatic hydroxyl groups is 1. The average Bonchev–Trinajstić information content (AvgIpc) is 3.23. The first kappa shape index (κ1) is 18.1. The average molecular weight is 389 g/mol. The molecule has 4 bridgehead atoms. The number of hydrogen-bond acceptors (Lipinski definition) is 7. The predicted octanol–water partition coefficient (Wildman–Crippen LogP) is 1.60. The van der Waals surface area contributed by atoms with Crippen LogP contribution in [0.25, 0.3) is 0 Å². The summed E-state index contributed by atoms with van der Waals surface area (Å²) in [5.41, 5.74) is -0.332. The molecule has 8 nitrogen and oxygen atoms in total. The Morgan fingerprint density at radius 3 is 2.39 bits per heavy atom. The summed E-state index contributed by atoms with van der Waals surface area (Å²) < 4.78 is 10.3. The second-order valence-corrected chi connectivity index (χ2v) is 9.40. The number of carbonyl (C=O) groups is 2. The van der Waals surface area contributed by atoms with Crippen LogP contribution in [0.4, 0.5) is 0 Å². The maximum atomic E-state index is 13.6. The van der Waals surface area contributed by atoms with Crippen molar-refractivity contribution in [3.8, 4) is 0 Å². The van der Waals surface area contributed by atoms with E-state index in [9.17, 15) is 14.7 Å². The summed E-state index contributed by atoms with van der Waals surface area (Å²) in [7, 11) is 0. The molecule has 6 rings (SSSR count). The molecule has 1 amide bonds. The number of aryl methyl sites for hydroxylation is 1. The van der Waals surface area contributed by atoms with E-state index in [-0.39, 0.29) is 36.8 Å². The molecule has 4 aliphatic carbocycles. The Balaban J connectivity index is 1.30. The molecule has 5 fully saturated rings.